The minimum absolute atomic E-state index is 0.526. The molecule has 0 aliphatic rings. The number of carbonyl (C=O) groups excluding carboxylic acids is 1. The number of nitrogens with zero attached hydrogens (tertiary/aromatic N) is 1. The number of hydrogen-bond donors (Lipinski definition) is 1. The smallest absolute Gasteiger partial charge is 0.412 e. The molecule has 6 nitrogen and oxygen atoms in total. The maximum atomic E-state index is 13.6. The van der Waals surface area contributed by atoms with E-state index in [4.69, 9.17) is 4.74 Å². The van der Waals surface area contributed by atoms with E-state index >= 15 is 0 Å². The fraction of sp³-hybridized carbons (Fsp3) is 0.364. The van der Waals surface area contributed by atoms with Gasteiger partial charge in [0.2, 0.25) is 11.6 Å². The number of anilines is 1. The Morgan fingerprint density at radius 1 is 1.37 bits per heavy atom. The van der Waals surface area contributed by atoms with Crippen LogP contribution in [0.3, 0.4) is 0 Å². The van der Waals surface area contributed by atoms with Gasteiger partial charge in [0.25, 0.3) is 0 Å². The van der Waals surface area contributed by atoms with Crippen molar-refractivity contribution < 1.29 is 23.2 Å². The molecule has 0 fully saturated rings. The number of benzene rings is 1. The van der Waals surface area contributed by atoms with Crippen molar-refractivity contribution in [2.45, 2.75) is 26.4 Å². The number of amides is 1. The minimum Gasteiger partial charge on any atom is -0.444 e. The molecule has 1 aromatic rings. The monoisotopic (exact) mass is 274 g/mol. The topological polar surface area (TPSA) is 81.5 Å². The van der Waals surface area contributed by atoms with Gasteiger partial charge in [-0.2, -0.15) is 8.78 Å². The summed E-state index contributed by atoms with van der Waals surface area (Å²) in [6.45, 7) is 4.78. The van der Waals surface area contributed by atoms with E-state index in [1.807, 2.05) is 5.32 Å². The normalized spacial score (nSPS) is 11.0. The molecule has 104 valence electrons. The van der Waals surface area contributed by atoms with Gasteiger partial charge in [0, 0.05) is 0 Å². The first-order valence-electron chi connectivity index (χ1n) is 5.24. The average molecular weight is 274 g/mol. The molecule has 0 aromatic heterocycles. The lowest BCUT2D eigenvalue weighted by atomic mass is 10.2. The van der Waals surface area contributed by atoms with Gasteiger partial charge in [0.05, 0.1) is 10.6 Å². The quantitative estimate of drug-likeness (QED) is 0.663. The Hall–Kier alpha value is -2.25. The maximum absolute atomic E-state index is 13.6. The number of rotatable bonds is 2. The van der Waals surface area contributed by atoms with Crippen LogP contribution in [0, 0.1) is 21.7 Å². The summed E-state index contributed by atoms with van der Waals surface area (Å²) < 4.78 is 31.5. The van der Waals surface area contributed by atoms with Gasteiger partial charge in [-0.05, 0) is 32.9 Å². The van der Waals surface area contributed by atoms with Gasteiger partial charge < -0.3 is 4.74 Å². The standard InChI is InChI=1S/C11H12F2N2O4/c1-11(2,3)19-10(16)14-7-5-4-6(12)9(8(7)13)15(17)18/h4-5H,1-3H3,(H,14,16). The molecule has 0 saturated carbocycles. The Labute approximate surface area is 107 Å². The second-order valence-electron chi connectivity index (χ2n) is 4.64. The molecule has 1 N–H and O–H groups in total. The number of halogens is 2. The van der Waals surface area contributed by atoms with Crippen molar-refractivity contribution in [3.05, 3.63) is 33.9 Å². The molecule has 0 bridgehead atoms. The van der Waals surface area contributed by atoms with Crippen molar-refractivity contribution in [3.8, 4) is 0 Å². The van der Waals surface area contributed by atoms with Crippen LogP contribution >= 0.6 is 0 Å². The van der Waals surface area contributed by atoms with E-state index in [-0.39, 0.29) is 0 Å². The first-order chi connectivity index (χ1) is 8.61. The van der Waals surface area contributed by atoms with E-state index < -0.39 is 39.6 Å². The predicted molar refractivity (Wildman–Crippen MR) is 62.9 cm³/mol. The van der Waals surface area contributed by atoms with Crippen molar-refractivity contribution in [1.82, 2.24) is 0 Å². The van der Waals surface area contributed by atoms with Gasteiger partial charge in [-0.25, -0.2) is 4.79 Å². The third-order valence-electron chi connectivity index (χ3n) is 1.89. The molecule has 0 radical (unpaired) electrons. The molecule has 1 amide bonds. The van der Waals surface area contributed by atoms with E-state index in [1.54, 1.807) is 20.8 Å². The molecule has 0 aliphatic carbocycles. The van der Waals surface area contributed by atoms with Crippen molar-refractivity contribution >= 4 is 17.5 Å². The molecule has 1 aromatic carbocycles. The molecular weight excluding hydrogens is 262 g/mol. The van der Waals surface area contributed by atoms with Crippen molar-refractivity contribution in [1.29, 1.82) is 0 Å². The molecule has 0 saturated heterocycles. The third kappa shape index (κ3) is 3.87. The van der Waals surface area contributed by atoms with Gasteiger partial charge >= 0.3 is 11.8 Å². The summed E-state index contributed by atoms with van der Waals surface area (Å²) in [5.41, 5.74) is -2.66. The lowest BCUT2D eigenvalue weighted by Crippen LogP contribution is -2.27. The second-order valence-corrected chi connectivity index (χ2v) is 4.64. The lowest BCUT2D eigenvalue weighted by molar-refractivity contribution is -0.390. The van der Waals surface area contributed by atoms with Gasteiger partial charge in [-0.15, -0.1) is 0 Å². The highest BCUT2D eigenvalue weighted by Crippen LogP contribution is 2.27. The Kier molecular flexibility index (Phi) is 4.03. The average Bonchev–Trinajstić information content (AvgIpc) is 2.19. The zero-order valence-electron chi connectivity index (χ0n) is 10.5. The summed E-state index contributed by atoms with van der Waals surface area (Å²) in [4.78, 5) is 20.7. The Bertz CT molecular complexity index is 526. The van der Waals surface area contributed by atoms with Gasteiger partial charge in [0.1, 0.15) is 5.60 Å². The number of nitro benzene ring substituents is 1. The van der Waals surface area contributed by atoms with E-state index in [0.717, 1.165) is 6.07 Å². The number of carbonyl (C=O) groups is 1. The molecule has 0 unspecified atom stereocenters. The van der Waals surface area contributed by atoms with Crippen LogP contribution in [-0.4, -0.2) is 16.6 Å². The largest absolute Gasteiger partial charge is 0.444 e. The number of nitro groups is 1. The van der Waals surface area contributed by atoms with Crippen LogP contribution in [0.2, 0.25) is 0 Å². The first-order valence-corrected chi connectivity index (χ1v) is 5.24. The predicted octanol–water partition coefficient (Wildman–Crippen LogP) is 3.22. The summed E-state index contributed by atoms with van der Waals surface area (Å²) in [6, 6.07) is 1.56. The second kappa shape index (κ2) is 5.17. The van der Waals surface area contributed by atoms with Gasteiger partial charge in [-0.3, -0.25) is 15.4 Å². The molecule has 8 heteroatoms. The lowest BCUT2D eigenvalue weighted by Gasteiger charge is -2.19. The van der Waals surface area contributed by atoms with Crippen LogP contribution < -0.4 is 5.32 Å². The zero-order chi connectivity index (χ0) is 14.8. The SMILES string of the molecule is CC(C)(C)OC(=O)Nc1ccc(F)c([N+](=O)[O-])c1F. The number of nitrogens with one attached hydrogen (secondary N) is 1. The van der Waals surface area contributed by atoms with E-state index in [9.17, 15) is 23.7 Å². The van der Waals surface area contributed by atoms with Gasteiger partial charge in [0.15, 0.2) is 0 Å². The maximum Gasteiger partial charge on any atom is 0.412 e. The third-order valence-corrected chi connectivity index (χ3v) is 1.89. The molecule has 0 atom stereocenters. The summed E-state index contributed by atoms with van der Waals surface area (Å²) in [5, 5.41) is 12.5. The summed E-state index contributed by atoms with van der Waals surface area (Å²) in [7, 11) is 0. The highest BCUT2D eigenvalue weighted by atomic mass is 19.1. The van der Waals surface area contributed by atoms with E-state index in [0.29, 0.717) is 6.07 Å². The van der Waals surface area contributed by atoms with Gasteiger partial charge in [-0.1, -0.05) is 0 Å². The van der Waals surface area contributed by atoms with Crippen molar-refractivity contribution in [2.24, 2.45) is 0 Å². The number of ether oxygens (including phenoxy) is 1. The minimum atomic E-state index is -1.46. The Morgan fingerprint density at radius 2 is 1.95 bits per heavy atom. The fourth-order valence-electron chi connectivity index (χ4n) is 1.22. The van der Waals surface area contributed by atoms with Crippen LogP contribution in [-0.2, 0) is 4.74 Å². The molecule has 1 rings (SSSR count). The molecule has 0 spiro atoms. The fourth-order valence-corrected chi connectivity index (χ4v) is 1.22. The first kappa shape index (κ1) is 14.8. The van der Waals surface area contributed by atoms with Crippen LogP contribution in [0.4, 0.5) is 25.0 Å². The highest BCUT2D eigenvalue weighted by Gasteiger charge is 2.26. The number of hydrogen-bond acceptors (Lipinski definition) is 4. The van der Waals surface area contributed by atoms with E-state index in [1.165, 1.54) is 0 Å². The van der Waals surface area contributed by atoms with Crippen molar-refractivity contribution in [2.75, 3.05) is 5.32 Å². The summed E-state index contributed by atoms with van der Waals surface area (Å²) in [5.74, 6) is -2.78. The molecule has 0 aliphatic heterocycles. The molecule has 19 heavy (non-hydrogen) atoms. The van der Waals surface area contributed by atoms with Crippen LogP contribution in [0.1, 0.15) is 20.8 Å². The molecule has 0 heterocycles. The Balaban J connectivity index is 3.01. The summed E-state index contributed by atoms with van der Waals surface area (Å²) in [6.07, 6.45) is -0.993. The van der Waals surface area contributed by atoms with E-state index in [2.05, 4.69) is 0 Å². The van der Waals surface area contributed by atoms with Crippen LogP contribution in [0.25, 0.3) is 0 Å². The Morgan fingerprint density at radius 3 is 2.42 bits per heavy atom. The van der Waals surface area contributed by atoms with Crippen LogP contribution in [0.15, 0.2) is 12.1 Å². The van der Waals surface area contributed by atoms with Crippen LogP contribution in [0.5, 0.6) is 0 Å². The molecular formula is C11H12F2N2O4. The zero-order valence-corrected chi connectivity index (χ0v) is 10.5. The summed E-state index contributed by atoms with van der Waals surface area (Å²) >= 11 is 0. The van der Waals surface area contributed by atoms with Crippen molar-refractivity contribution in [3.63, 3.8) is 0 Å². The highest BCUT2D eigenvalue weighted by molar-refractivity contribution is 5.85.